The van der Waals surface area contributed by atoms with Gasteiger partial charge >= 0.3 is 0 Å². The van der Waals surface area contributed by atoms with E-state index in [-0.39, 0.29) is 22.9 Å². The smallest absolute Gasteiger partial charge is 0.259 e. The molecule has 2 heterocycles. The number of hydrogen-bond acceptors (Lipinski definition) is 8. The molecule has 6 aromatic rings. The number of nitrogens with one attached hydrogen (secondary N) is 1. The Morgan fingerprint density at radius 3 is 2.46 bits per heavy atom. The van der Waals surface area contributed by atoms with Gasteiger partial charge in [-0.3, -0.25) is 4.79 Å². The highest BCUT2D eigenvalue weighted by Gasteiger charge is 2.20. The number of phenolic OH excluding ortho intramolecular Hbond substituents is 1. The standard InChI is InChI=1S/C29H21N7O3/c1-39-20-13-11-19(12-14-20)32-27(38)22-17-18-7-2-3-8-21(18)25(26(22)37)34-35-29-33-23-9-4-5-10-24(23)36(29)28-30-15-6-16-31-28/h2-17,37H,1H3,(H,32,38)/b35-34+. The zero-order valence-electron chi connectivity index (χ0n) is 20.7. The quantitative estimate of drug-likeness (QED) is 0.249. The Labute approximate surface area is 222 Å². The molecule has 190 valence electrons. The third-order valence-corrected chi connectivity index (χ3v) is 6.12. The molecule has 0 saturated heterocycles. The van der Waals surface area contributed by atoms with Crippen LogP contribution in [0.3, 0.4) is 0 Å². The van der Waals surface area contributed by atoms with Crippen molar-refractivity contribution in [3.63, 3.8) is 0 Å². The zero-order chi connectivity index (χ0) is 26.8. The second-order valence-electron chi connectivity index (χ2n) is 8.51. The minimum atomic E-state index is -0.496. The van der Waals surface area contributed by atoms with Gasteiger partial charge in [0.25, 0.3) is 11.9 Å². The molecular weight excluding hydrogens is 494 g/mol. The van der Waals surface area contributed by atoms with Crippen molar-refractivity contribution in [3.05, 3.63) is 103 Å². The molecule has 0 radical (unpaired) electrons. The van der Waals surface area contributed by atoms with Gasteiger partial charge in [-0.25, -0.2) is 19.5 Å². The van der Waals surface area contributed by atoms with Crippen molar-refractivity contribution in [1.29, 1.82) is 0 Å². The van der Waals surface area contributed by atoms with E-state index in [1.807, 2.05) is 42.5 Å². The van der Waals surface area contributed by atoms with Crippen molar-refractivity contribution in [3.8, 4) is 17.4 Å². The van der Waals surface area contributed by atoms with E-state index in [9.17, 15) is 9.90 Å². The number of methoxy groups -OCH3 is 1. The molecule has 10 heteroatoms. The second kappa shape index (κ2) is 10.0. The number of hydrogen-bond donors (Lipinski definition) is 2. The number of imidazole rings is 1. The van der Waals surface area contributed by atoms with Gasteiger partial charge in [-0.15, -0.1) is 10.2 Å². The number of para-hydroxylation sites is 2. The topological polar surface area (TPSA) is 127 Å². The summed E-state index contributed by atoms with van der Waals surface area (Å²) in [6.45, 7) is 0. The second-order valence-corrected chi connectivity index (χ2v) is 8.51. The van der Waals surface area contributed by atoms with Gasteiger partial charge in [0, 0.05) is 23.5 Å². The van der Waals surface area contributed by atoms with Crippen molar-refractivity contribution in [2.75, 3.05) is 12.4 Å². The minimum Gasteiger partial charge on any atom is -0.505 e. The molecule has 0 bridgehead atoms. The van der Waals surface area contributed by atoms with Gasteiger partial charge in [0.15, 0.2) is 5.75 Å². The van der Waals surface area contributed by atoms with Gasteiger partial charge in [-0.2, -0.15) is 0 Å². The number of rotatable bonds is 6. The lowest BCUT2D eigenvalue weighted by Crippen LogP contribution is -2.12. The minimum absolute atomic E-state index is 0.0540. The monoisotopic (exact) mass is 515 g/mol. The van der Waals surface area contributed by atoms with E-state index >= 15 is 0 Å². The van der Waals surface area contributed by atoms with Crippen molar-refractivity contribution >= 4 is 45.0 Å². The largest absolute Gasteiger partial charge is 0.505 e. The van der Waals surface area contributed by atoms with Crippen LogP contribution in [0.15, 0.2) is 108 Å². The Bertz CT molecular complexity index is 1850. The molecule has 1 amide bonds. The average molecular weight is 516 g/mol. The molecule has 0 fully saturated rings. The van der Waals surface area contributed by atoms with Gasteiger partial charge in [-0.1, -0.05) is 36.4 Å². The molecule has 0 aliphatic rings. The van der Waals surface area contributed by atoms with Crippen LogP contribution in [0.2, 0.25) is 0 Å². The van der Waals surface area contributed by atoms with E-state index in [1.165, 1.54) is 0 Å². The summed E-state index contributed by atoms with van der Waals surface area (Å²) in [6.07, 6.45) is 3.25. The van der Waals surface area contributed by atoms with Crippen molar-refractivity contribution < 1.29 is 14.6 Å². The highest BCUT2D eigenvalue weighted by molar-refractivity contribution is 6.11. The molecule has 0 aliphatic carbocycles. The molecule has 10 nitrogen and oxygen atoms in total. The number of aromatic nitrogens is 4. The molecular formula is C29H21N7O3. The van der Waals surface area contributed by atoms with Crippen LogP contribution in [0, 0.1) is 0 Å². The number of carbonyl (C=O) groups is 1. The first-order valence-corrected chi connectivity index (χ1v) is 12.0. The summed E-state index contributed by atoms with van der Waals surface area (Å²) in [5, 5.41) is 24.2. The van der Waals surface area contributed by atoms with Crippen LogP contribution >= 0.6 is 0 Å². The number of anilines is 1. The maximum absolute atomic E-state index is 13.2. The van der Waals surface area contributed by atoms with Gasteiger partial charge in [0.1, 0.15) is 11.4 Å². The number of amides is 1. The van der Waals surface area contributed by atoms with E-state index in [0.717, 1.165) is 5.52 Å². The van der Waals surface area contributed by atoms with Gasteiger partial charge in [0.2, 0.25) is 5.95 Å². The lowest BCUT2D eigenvalue weighted by Gasteiger charge is -2.11. The molecule has 0 spiro atoms. The third kappa shape index (κ3) is 4.51. The zero-order valence-corrected chi connectivity index (χ0v) is 20.7. The first-order valence-electron chi connectivity index (χ1n) is 12.0. The first-order chi connectivity index (χ1) is 19.1. The Morgan fingerprint density at radius 1 is 0.923 bits per heavy atom. The first kappa shape index (κ1) is 23.7. The molecule has 0 aliphatic heterocycles. The summed E-state index contributed by atoms with van der Waals surface area (Å²) in [4.78, 5) is 26.5. The van der Waals surface area contributed by atoms with Crippen molar-refractivity contribution in [2.24, 2.45) is 10.2 Å². The molecule has 0 unspecified atom stereocenters. The average Bonchev–Trinajstić information content (AvgIpc) is 3.35. The summed E-state index contributed by atoms with van der Waals surface area (Å²) < 4.78 is 6.85. The van der Waals surface area contributed by atoms with E-state index in [1.54, 1.807) is 66.5 Å². The Hall–Kier alpha value is -5.64. The maximum Gasteiger partial charge on any atom is 0.259 e. The fourth-order valence-corrected chi connectivity index (χ4v) is 4.24. The van der Waals surface area contributed by atoms with E-state index in [2.05, 4.69) is 30.5 Å². The molecule has 6 rings (SSSR count). The fraction of sp³-hybridized carbons (Fsp3) is 0.0345. The molecule has 0 saturated carbocycles. The number of azo groups is 1. The van der Waals surface area contributed by atoms with Crippen LogP contribution in [0.1, 0.15) is 10.4 Å². The predicted molar refractivity (Wildman–Crippen MR) is 147 cm³/mol. The molecule has 39 heavy (non-hydrogen) atoms. The lowest BCUT2D eigenvalue weighted by atomic mass is 10.0. The SMILES string of the molecule is COc1ccc(NC(=O)c2cc3ccccc3c(/N=N/c3nc4ccccc4n3-c3ncccn3)c2O)cc1. The highest BCUT2D eigenvalue weighted by atomic mass is 16.5. The van der Waals surface area contributed by atoms with Crippen LogP contribution in [-0.2, 0) is 0 Å². The van der Waals surface area contributed by atoms with E-state index < -0.39 is 5.91 Å². The van der Waals surface area contributed by atoms with Crippen LogP contribution in [0.5, 0.6) is 11.5 Å². The van der Waals surface area contributed by atoms with Gasteiger partial charge < -0.3 is 15.2 Å². The summed E-state index contributed by atoms with van der Waals surface area (Å²) in [7, 11) is 1.57. The fourth-order valence-electron chi connectivity index (χ4n) is 4.24. The van der Waals surface area contributed by atoms with Gasteiger partial charge in [-0.05, 0) is 53.9 Å². The molecule has 4 aromatic carbocycles. The molecule has 2 N–H and O–H groups in total. The number of carbonyl (C=O) groups excluding carboxylic acids is 1. The Morgan fingerprint density at radius 2 is 1.67 bits per heavy atom. The summed E-state index contributed by atoms with van der Waals surface area (Å²) in [6, 6.07) is 25.0. The summed E-state index contributed by atoms with van der Waals surface area (Å²) in [5.41, 5.74) is 2.17. The van der Waals surface area contributed by atoms with Crippen LogP contribution < -0.4 is 10.1 Å². The number of phenols is 1. The van der Waals surface area contributed by atoms with E-state index in [4.69, 9.17) is 4.74 Å². The summed E-state index contributed by atoms with van der Waals surface area (Å²) in [5.74, 6) is 0.462. The lowest BCUT2D eigenvalue weighted by molar-refractivity contribution is 0.102. The van der Waals surface area contributed by atoms with Crippen molar-refractivity contribution in [1.82, 2.24) is 19.5 Å². The van der Waals surface area contributed by atoms with Crippen LogP contribution in [0.25, 0.3) is 27.8 Å². The maximum atomic E-state index is 13.2. The Balaban J connectivity index is 1.44. The van der Waals surface area contributed by atoms with Gasteiger partial charge in [0.05, 0.1) is 23.7 Å². The normalized spacial score (nSPS) is 11.3. The number of aromatic hydroxyl groups is 1. The summed E-state index contributed by atoms with van der Waals surface area (Å²) >= 11 is 0. The molecule has 0 atom stereocenters. The number of benzene rings is 4. The Kier molecular flexibility index (Phi) is 6.10. The van der Waals surface area contributed by atoms with Crippen LogP contribution in [0.4, 0.5) is 17.3 Å². The van der Waals surface area contributed by atoms with Crippen molar-refractivity contribution in [2.45, 2.75) is 0 Å². The predicted octanol–water partition coefficient (Wildman–Crippen LogP) is 6.35. The third-order valence-electron chi connectivity index (χ3n) is 6.12. The number of nitrogens with zero attached hydrogens (tertiary/aromatic N) is 6. The van der Waals surface area contributed by atoms with E-state index in [0.29, 0.717) is 33.7 Å². The number of ether oxygens (including phenoxy) is 1. The highest BCUT2D eigenvalue weighted by Crippen LogP contribution is 2.40. The molecule has 2 aromatic heterocycles. The number of fused-ring (bicyclic) bond motifs is 2. The van der Waals surface area contributed by atoms with Crippen LogP contribution in [-0.4, -0.2) is 37.6 Å².